The molecule has 39 heavy (non-hydrogen) atoms. The highest BCUT2D eigenvalue weighted by atomic mass is 16.5. The Hall–Kier alpha value is -0.790. The van der Waals surface area contributed by atoms with E-state index in [2.05, 4.69) is 54.5 Å². The van der Waals surface area contributed by atoms with Crippen LogP contribution in [0.4, 0.5) is 0 Å². The summed E-state index contributed by atoms with van der Waals surface area (Å²) in [5.74, 6) is 4.22. The van der Waals surface area contributed by atoms with E-state index in [-0.39, 0.29) is 12.1 Å². The van der Waals surface area contributed by atoms with Crippen LogP contribution in [-0.4, -0.2) is 12.1 Å². The van der Waals surface area contributed by atoms with E-state index < -0.39 is 0 Å². The number of carbonyl (C=O) groups is 1. The summed E-state index contributed by atoms with van der Waals surface area (Å²) >= 11 is 0. The van der Waals surface area contributed by atoms with Crippen molar-refractivity contribution in [3.05, 3.63) is 11.6 Å². The van der Waals surface area contributed by atoms with Crippen LogP contribution in [-0.2, 0) is 9.53 Å². The zero-order chi connectivity index (χ0) is 28.7. The minimum Gasteiger partial charge on any atom is -0.462 e. The number of hydrogen-bond donors (Lipinski definition) is 0. The summed E-state index contributed by atoms with van der Waals surface area (Å²) in [5.41, 5.74) is 1.93. The largest absolute Gasteiger partial charge is 0.462 e. The lowest BCUT2D eigenvalue weighted by Gasteiger charge is -2.48. The molecule has 0 saturated heterocycles. The third kappa shape index (κ3) is 12.7. The number of carbonyl (C=O) groups excluding carboxylic acids is 1. The van der Waals surface area contributed by atoms with Crippen LogP contribution in [0.25, 0.3) is 0 Å². The lowest BCUT2D eigenvalue weighted by Crippen LogP contribution is -2.39. The highest BCUT2D eigenvalue weighted by Crippen LogP contribution is 2.53. The maximum atomic E-state index is 12.5. The van der Waals surface area contributed by atoms with Crippen molar-refractivity contribution in [1.29, 1.82) is 0 Å². The summed E-state index contributed by atoms with van der Waals surface area (Å²) < 4.78 is 5.99. The van der Waals surface area contributed by atoms with Gasteiger partial charge >= 0.3 is 5.97 Å². The van der Waals surface area contributed by atoms with Gasteiger partial charge < -0.3 is 4.74 Å². The average molecular weight is 545 g/mol. The highest BCUT2D eigenvalue weighted by molar-refractivity contribution is 5.69. The Kier molecular flexibility index (Phi) is 16.4. The van der Waals surface area contributed by atoms with Gasteiger partial charge in [0.2, 0.25) is 0 Å². The van der Waals surface area contributed by atoms with Crippen molar-refractivity contribution < 1.29 is 9.53 Å². The Morgan fingerprint density at radius 1 is 0.872 bits per heavy atom. The van der Waals surface area contributed by atoms with Crippen molar-refractivity contribution in [2.45, 2.75) is 183 Å². The third-order valence-electron chi connectivity index (χ3n) is 10.8. The molecule has 2 aliphatic rings. The van der Waals surface area contributed by atoms with E-state index in [0.29, 0.717) is 11.8 Å². The molecule has 0 radical (unpaired) electrons. The Morgan fingerprint density at radius 3 is 2.31 bits per heavy atom. The minimum absolute atomic E-state index is 0.0414. The minimum atomic E-state index is 0.0414. The SMILES string of the molecule is CCCCCCCCC(=O)O[C@H]1CC[C@@]2(C)C(=CCCC2CC[C@@H](C)C(C)CC[C@@H](C)CCCCC(C)C)C1. The van der Waals surface area contributed by atoms with E-state index in [0.717, 1.165) is 48.9 Å². The zero-order valence-electron chi connectivity index (χ0n) is 27.5. The van der Waals surface area contributed by atoms with E-state index in [9.17, 15) is 4.79 Å². The van der Waals surface area contributed by atoms with E-state index >= 15 is 0 Å². The fourth-order valence-electron chi connectivity index (χ4n) is 7.39. The van der Waals surface area contributed by atoms with Crippen LogP contribution >= 0.6 is 0 Å². The van der Waals surface area contributed by atoms with Crippen LogP contribution in [0.3, 0.4) is 0 Å². The maximum Gasteiger partial charge on any atom is 0.306 e. The van der Waals surface area contributed by atoms with Crippen molar-refractivity contribution in [2.75, 3.05) is 0 Å². The van der Waals surface area contributed by atoms with Gasteiger partial charge in [0.15, 0.2) is 0 Å². The molecule has 6 atom stereocenters. The number of unbranched alkanes of at least 4 members (excludes halogenated alkanes) is 6. The summed E-state index contributed by atoms with van der Waals surface area (Å²) in [6, 6.07) is 0. The lowest BCUT2D eigenvalue weighted by molar-refractivity contribution is -0.151. The summed E-state index contributed by atoms with van der Waals surface area (Å²) in [5, 5.41) is 0. The van der Waals surface area contributed by atoms with E-state index in [1.807, 2.05) is 0 Å². The number of hydrogen-bond acceptors (Lipinski definition) is 2. The zero-order valence-corrected chi connectivity index (χ0v) is 27.5. The van der Waals surface area contributed by atoms with Gasteiger partial charge in [-0.2, -0.15) is 0 Å². The number of fused-ring (bicyclic) bond motifs is 1. The fraction of sp³-hybridized carbons (Fsp3) is 0.919. The molecule has 2 aliphatic carbocycles. The highest BCUT2D eigenvalue weighted by Gasteiger charge is 2.43. The van der Waals surface area contributed by atoms with E-state index in [4.69, 9.17) is 4.74 Å². The first-order valence-corrected chi connectivity index (χ1v) is 17.5. The van der Waals surface area contributed by atoms with Gasteiger partial charge in [-0.3, -0.25) is 4.79 Å². The maximum absolute atomic E-state index is 12.5. The monoisotopic (exact) mass is 545 g/mol. The van der Waals surface area contributed by atoms with Crippen molar-refractivity contribution in [1.82, 2.24) is 0 Å². The van der Waals surface area contributed by atoms with E-state index in [1.165, 1.54) is 103 Å². The van der Waals surface area contributed by atoms with Crippen LogP contribution < -0.4 is 0 Å². The molecule has 0 aromatic carbocycles. The normalized spacial score (nSPS) is 25.6. The first kappa shape index (κ1) is 34.4. The van der Waals surface area contributed by atoms with Gasteiger partial charge in [0, 0.05) is 12.8 Å². The van der Waals surface area contributed by atoms with Crippen LogP contribution in [0.5, 0.6) is 0 Å². The average Bonchev–Trinajstić information content (AvgIpc) is 2.90. The molecule has 2 unspecified atom stereocenters. The van der Waals surface area contributed by atoms with Gasteiger partial charge in [0.1, 0.15) is 6.10 Å². The van der Waals surface area contributed by atoms with Crippen LogP contribution in [0.2, 0.25) is 0 Å². The second-order valence-electron chi connectivity index (χ2n) is 14.7. The van der Waals surface area contributed by atoms with Gasteiger partial charge in [0.25, 0.3) is 0 Å². The first-order valence-electron chi connectivity index (χ1n) is 17.5. The Morgan fingerprint density at radius 2 is 1.56 bits per heavy atom. The molecular formula is C37H68O2. The van der Waals surface area contributed by atoms with Crippen LogP contribution in [0, 0.1) is 35.0 Å². The van der Waals surface area contributed by atoms with Gasteiger partial charge in [-0.25, -0.2) is 0 Å². The summed E-state index contributed by atoms with van der Waals surface area (Å²) in [6.45, 7) is 17.0. The predicted molar refractivity (Wildman–Crippen MR) is 170 cm³/mol. The van der Waals surface area contributed by atoms with Gasteiger partial charge in [-0.15, -0.1) is 0 Å². The number of allylic oxidation sites excluding steroid dienone is 1. The summed E-state index contributed by atoms with van der Waals surface area (Å²) in [7, 11) is 0. The predicted octanol–water partition coefficient (Wildman–Crippen LogP) is 11.9. The fourth-order valence-corrected chi connectivity index (χ4v) is 7.39. The quantitative estimate of drug-likeness (QED) is 0.0865. The lowest BCUT2D eigenvalue weighted by atomic mass is 9.58. The molecule has 2 rings (SSSR count). The third-order valence-corrected chi connectivity index (χ3v) is 10.8. The standard InChI is InChI=1S/C37H68O2/c1-8-9-10-11-12-13-21-36(38)39-35-26-27-37(7)33(19-16-20-34(37)28-35)25-24-32(6)31(5)23-22-30(4)18-15-14-17-29(2)3/h20,29-33,35H,8-19,21-28H2,1-7H3/t30-,31?,32+,33?,35-,37+/m0/s1. The smallest absolute Gasteiger partial charge is 0.306 e. The molecule has 0 spiro atoms. The molecule has 1 saturated carbocycles. The molecule has 1 fully saturated rings. The number of esters is 1. The molecule has 0 bridgehead atoms. The molecule has 0 aromatic rings. The van der Waals surface area contributed by atoms with Crippen LogP contribution in [0.1, 0.15) is 177 Å². The van der Waals surface area contributed by atoms with Crippen molar-refractivity contribution in [2.24, 2.45) is 35.0 Å². The van der Waals surface area contributed by atoms with Gasteiger partial charge in [-0.05, 0) is 73.5 Å². The van der Waals surface area contributed by atoms with Crippen molar-refractivity contribution in [3.8, 4) is 0 Å². The van der Waals surface area contributed by atoms with E-state index in [1.54, 1.807) is 5.57 Å². The summed E-state index contributed by atoms with van der Waals surface area (Å²) in [6.07, 6.45) is 27.5. The second kappa shape index (κ2) is 18.6. The van der Waals surface area contributed by atoms with Crippen LogP contribution in [0.15, 0.2) is 11.6 Å². The number of rotatable bonds is 20. The number of ether oxygens (including phenoxy) is 1. The molecule has 0 heterocycles. The van der Waals surface area contributed by atoms with Crippen molar-refractivity contribution >= 4 is 5.97 Å². The Labute approximate surface area is 244 Å². The molecule has 2 nitrogen and oxygen atoms in total. The molecule has 228 valence electrons. The van der Waals surface area contributed by atoms with Gasteiger partial charge in [0.05, 0.1) is 0 Å². The molecular weight excluding hydrogens is 476 g/mol. The summed E-state index contributed by atoms with van der Waals surface area (Å²) in [4.78, 5) is 12.5. The van der Waals surface area contributed by atoms with Crippen molar-refractivity contribution in [3.63, 3.8) is 0 Å². The first-order chi connectivity index (χ1) is 18.7. The topological polar surface area (TPSA) is 26.3 Å². The molecule has 0 aromatic heterocycles. The molecule has 0 N–H and O–H groups in total. The molecule has 0 aliphatic heterocycles. The Balaban J connectivity index is 1.70. The molecule has 2 heteroatoms. The Bertz CT molecular complexity index is 694. The van der Waals surface area contributed by atoms with Gasteiger partial charge in [-0.1, -0.05) is 137 Å². The second-order valence-corrected chi connectivity index (χ2v) is 14.7. The molecule has 0 amide bonds.